The number of phenolic OH excluding ortho intramolecular Hbond substituents is 1. The summed E-state index contributed by atoms with van der Waals surface area (Å²) in [6, 6.07) is 3.47. The first-order chi connectivity index (χ1) is 8.56. The van der Waals surface area contributed by atoms with Crippen LogP contribution in [0.15, 0.2) is 12.1 Å². The molecule has 1 aliphatic rings. The summed E-state index contributed by atoms with van der Waals surface area (Å²) in [4.78, 5) is 4.30. The third-order valence-corrected chi connectivity index (χ3v) is 2.94. The number of fused-ring (bicyclic) bond motifs is 1. The van der Waals surface area contributed by atoms with E-state index in [1.54, 1.807) is 6.07 Å². The van der Waals surface area contributed by atoms with Gasteiger partial charge in [0.2, 0.25) is 6.79 Å². The quantitative estimate of drug-likeness (QED) is 0.850. The van der Waals surface area contributed by atoms with E-state index >= 15 is 0 Å². The third kappa shape index (κ3) is 3.05. The molecule has 0 atom stereocenters. The van der Waals surface area contributed by atoms with Gasteiger partial charge >= 0.3 is 0 Å². The van der Waals surface area contributed by atoms with Gasteiger partial charge in [0.1, 0.15) is 5.75 Å². The highest BCUT2D eigenvalue weighted by Gasteiger charge is 2.17. The van der Waals surface area contributed by atoms with E-state index in [1.807, 2.05) is 27.2 Å². The fourth-order valence-corrected chi connectivity index (χ4v) is 1.84. The summed E-state index contributed by atoms with van der Waals surface area (Å²) >= 11 is 0. The minimum absolute atomic E-state index is 0.231. The molecule has 1 heterocycles. The van der Waals surface area contributed by atoms with Crippen molar-refractivity contribution in [3.05, 3.63) is 17.7 Å². The Labute approximate surface area is 108 Å². The van der Waals surface area contributed by atoms with Crippen LogP contribution in [0.2, 0.25) is 0 Å². The first-order valence-corrected chi connectivity index (χ1v) is 6.01. The molecule has 5 heteroatoms. The number of phenols is 1. The van der Waals surface area contributed by atoms with E-state index in [9.17, 15) is 5.11 Å². The molecule has 0 amide bonds. The average Bonchev–Trinajstić information content (AvgIpc) is 2.74. The maximum Gasteiger partial charge on any atom is 0.231 e. The van der Waals surface area contributed by atoms with Gasteiger partial charge in [-0.15, -0.1) is 0 Å². The van der Waals surface area contributed by atoms with E-state index in [-0.39, 0.29) is 12.5 Å². The third-order valence-electron chi connectivity index (χ3n) is 2.94. The van der Waals surface area contributed by atoms with Crippen LogP contribution in [0.1, 0.15) is 5.56 Å². The average molecular weight is 252 g/mol. The van der Waals surface area contributed by atoms with Crippen LogP contribution in [0.5, 0.6) is 17.2 Å². The van der Waals surface area contributed by atoms with Gasteiger partial charge in [-0.05, 0) is 27.2 Å². The molecule has 2 rings (SSSR count). The standard InChI is InChI=1S/C13H20N2O3/c1-14(2)4-5-15(3)8-10-6-12-13(7-11(10)16)18-9-17-12/h6-7,16H,4-5,8-9H2,1-3H3. The Hall–Kier alpha value is -1.46. The molecule has 5 nitrogen and oxygen atoms in total. The predicted octanol–water partition coefficient (Wildman–Crippen LogP) is 1.11. The lowest BCUT2D eigenvalue weighted by atomic mass is 10.1. The second-order valence-electron chi connectivity index (χ2n) is 4.88. The zero-order chi connectivity index (χ0) is 13.1. The van der Waals surface area contributed by atoms with Crippen molar-refractivity contribution in [3.8, 4) is 17.2 Å². The molecule has 1 aromatic carbocycles. The second-order valence-corrected chi connectivity index (χ2v) is 4.88. The summed E-state index contributed by atoms with van der Waals surface area (Å²) in [5, 5.41) is 9.93. The van der Waals surface area contributed by atoms with Gasteiger partial charge in [-0.25, -0.2) is 0 Å². The van der Waals surface area contributed by atoms with Crippen LogP contribution in [-0.2, 0) is 6.54 Å². The number of hydrogen-bond acceptors (Lipinski definition) is 5. The Bertz CT molecular complexity index is 421. The van der Waals surface area contributed by atoms with E-state index in [4.69, 9.17) is 9.47 Å². The Morgan fingerprint density at radius 2 is 1.78 bits per heavy atom. The number of rotatable bonds is 5. The molecule has 0 saturated heterocycles. The van der Waals surface area contributed by atoms with Crippen LogP contribution < -0.4 is 9.47 Å². The van der Waals surface area contributed by atoms with E-state index in [0.29, 0.717) is 18.0 Å². The summed E-state index contributed by atoms with van der Waals surface area (Å²) in [5.41, 5.74) is 0.862. The fourth-order valence-electron chi connectivity index (χ4n) is 1.84. The molecule has 0 saturated carbocycles. The van der Waals surface area contributed by atoms with E-state index in [1.165, 1.54) is 0 Å². The van der Waals surface area contributed by atoms with Gasteiger partial charge in [-0.2, -0.15) is 0 Å². The highest BCUT2D eigenvalue weighted by Crippen LogP contribution is 2.37. The maximum absolute atomic E-state index is 9.93. The lowest BCUT2D eigenvalue weighted by Crippen LogP contribution is -2.28. The SMILES string of the molecule is CN(C)CCN(C)Cc1cc2c(cc1O)OCO2. The van der Waals surface area contributed by atoms with Crippen LogP contribution in [0, 0.1) is 0 Å². The van der Waals surface area contributed by atoms with Crippen LogP contribution >= 0.6 is 0 Å². The monoisotopic (exact) mass is 252 g/mol. The van der Waals surface area contributed by atoms with Gasteiger partial charge in [-0.3, -0.25) is 0 Å². The van der Waals surface area contributed by atoms with Crippen LogP contribution in [0.4, 0.5) is 0 Å². The molecule has 1 N–H and O–H groups in total. The highest BCUT2D eigenvalue weighted by atomic mass is 16.7. The lowest BCUT2D eigenvalue weighted by molar-refractivity contribution is 0.174. The van der Waals surface area contributed by atoms with Gasteiger partial charge in [0.05, 0.1) is 0 Å². The molecule has 1 aromatic rings. The van der Waals surface area contributed by atoms with Crippen molar-refractivity contribution in [2.45, 2.75) is 6.54 Å². The summed E-state index contributed by atoms with van der Waals surface area (Å²) in [5.74, 6) is 1.59. The molecular weight excluding hydrogens is 232 g/mol. The smallest absolute Gasteiger partial charge is 0.231 e. The molecule has 0 unspecified atom stereocenters. The molecule has 18 heavy (non-hydrogen) atoms. The van der Waals surface area contributed by atoms with Crippen molar-refractivity contribution in [3.63, 3.8) is 0 Å². The first kappa shape index (κ1) is 13.0. The van der Waals surface area contributed by atoms with E-state index in [0.717, 1.165) is 18.7 Å². The fraction of sp³-hybridized carbons (Fsp3) is 0.538. The maximum atomic E-state index is 9.93. The second kappa shape index (κ2) is 5.46. The number of benzene rings is 1. The Balaban J connectivity index is 2.00. The molecule has 1 aliphatic heterocycles. The minimum atomic E-state index is 0.231. The Morgan fingerprint density at radius 1 is 1.11 bits per heavy atom. The number of ether oxygens (including phenoxy) is 2. The van der Waals surface area contributed by atoms with Crippen LogP contribution in [-0.4, -0.2) is 55.9 Å². The van der Waals surface area contributed by atoms with Crippen molar-refractivity contribution in [1.29, 1.82) is 0 Å². The predicted molar refractivity (Wildman–Crippen MR) is 69.1 cm³/mol. The van der Waals surface area contributed by atoms with Gasteiger partial charge in [0.15, 0.2) is 11.5 Å². The molecular formula is C13H20N2O3. The molecule has 0 spiro atoms. The van der Waals surface area contributed by atoms with Crippen molar-refractivity contribution >= 4 is 0 Å². The molecule has 0 fully saturated rings. The van der Waals surface area contributed by atoms with E-state index in [2.05, 4.69) is 9.80 Å². The zero-order valence-electron chi connectivity index (χ0n) is 11.1. The normalized spacial score (nSPS) is 13.6. The molecule has 0 aromatic heterocycles. The Morgan fingerprint density at radius 3 is 2.44 bits per heavy atom. The first-order valence-electron chi connectivity index (χ1n) is 6.01. The molecule has 0 aliphatic carbocycles. The molecule has 0 radical (unpaired) electrons. The highest BCUT2D eigenvalue weighted by molar-refractivity contribution is 5.51. The van der Waals surface area contributed by atoms with Gasteiger partial charge in [0.25, 0.3) is 0 Å². The van der Waals surface area contributed by atoms with Crippen molar-refractivity contribution in [2.24, 2.45) is 0 Å². The van der Waals surface area contributed by atoms with Crippen LogP contribution in [0.3, 0.4) is 0 Å². The van der Waals surface area contributed by atoms with Crippen molar-refractivity contribution in [2.75, 3.05) is 41.0 Å². The zero-order valence-corrected chi connectivity index (χ0v) is 11.1. The number of nitrogens with zero attached hydrogens (tertiary/aromatic N) is 2. The lowest BCUT2D eigenvalue weighted by Gasteiger charge is -2.20. The largest absolute Gasteiger partial charge is 0.507 e. The Kier molecular flexibility index (Phi) is 3.93. The summed E-state index contributed by atoms with van der Waals surface area (Å²) in [7, 11) is 6.13. The topological polar surface area (TPSA) is 45.2 Å². The molecule has 0 bridgehead atoms. The van der Waals surface area contributed by atoms with Crippen molar-refractivity contribution < 1.29 is 14.6 Å². The summed E-state index contributed by atoms with van der Waals surface area (Å²) in [6.45, 7) is 2.85. The van der Waals surface area contributed by atoms with Crippen molar-refractivity contribution in [1.82, 2.24) is 9.80 Å². The number of likely N-dealkylation sites (N-methyl/N-ethyl adjacent to an activating group) is 2. The summed E-state index contributed by atoms with van der Waals surface area (Å²) < 4.78 is 10.5. The number of aromatic hydroxyl groups is 1. The number of hydrogen-bond donors (Lipinski definition) is 1. The van der Waals surface area contributed by atoms with Gasteiger partial charge < -0.3 is 24.4 Å². The van der Waals surface area contributed by atoms with E-state index < -0.39 is 0 Å². The van der Waals surface area contributed by atoms with Gasteiger partial charge in [0, 0.05) is 31.3 Å². The summed E-state index contributed by atoms with van der Waals surface area (Å²) in [6.07, 6.45) is 0. The molecule has 100 valence electrons. The minimum Gasteiger partial charge on any atom is -0.507 e. The van der Waals surface area contributed by atoms with Gasteiger partial charge in [-0.1, -0.05) is 0 Å². The van der Waals surface area contributed by atoms with Crippen LogP contribution in [0.25, 0.3) is 0 Å².